The molecular formula is C12H17N5O3. The average Bonchev–Trinajstić information content (AvgIpc) is 2.92. The Kier molecular flexibility index (Phi) is 4.72. The Morgan fingerprint density at radius 2 is 1.85 bits per heavy atom. The van der Waals surface area contributed by atoms with E-state index in [0.717, 1.165) is 5.69 Å². The van der Waals surface area contributed by atoms with E-state index < -0.39 is 0 Å². The van der Waals surface area contributed by atoms with Crippen molar-refractivity contribution in [2.45, 2.75) is 6.54 Å². The van der Waals surface area contributed by atoms with Crippen LogP contribution < -0.4 is 14.8 Å². The standard InChI is InChI=1S/C12H17N5O3/c1-18-5-4-17-8-9(7-13-17)14-12-15-10(19-2)6-11(16-12)20-3/h6-8H,4-5H2,1-3H3,(H,14,15,16). The summed E-state index contributed by atoms with van der Waals surface area (Å²) in [6.45, 7) is 1.28. The molecule has 0 aliphatic rings. The lowest BCUT2D eigenvalue weighted by molar-refractivity contribution is 0.183. The van der Waals surface area contributed by atoms with Gasteiger partial charge in [0.1, 0.15) is 0 Å². The number of methoxy groups -OCH3 is 3. The van der Waals surface area contributed by atoms with Crippen LogP contribution in [0.1, 0.15) is 0 Å². The summed E-state index contributed by atoms with van der Waals surface area (Å²) in [7, 11) is 4.72. The predicted octanol–water partition coefficient (Wildman–Crippen LogP) is 1.08. The first-order valence-electron chi connectivity index (χ1n) is 6.00. The maximum Gasteiger partial charge on any atom is 0.233 e. The van der Waals surface area contributed by atoms with E-state index in [1.165, 1.54) is 14.2 Å². The predicted molar refractivity (Wildman–Crippen MR) is 72.5 cm³/mol. The molecule has 8 heteroatoms. The number of ether oxygens (including phenoxy) is 3. The first kappa shape index (κ1) is 14.1. The molecule has 0 spiro atoms. The van der Waals surface area contributed by atoms with Gasteiger partial charge in [-0.25, -0.2) is 0 Å². The van der Waals surface area contributed by atoms with Crippen LogP contribution in [0.3, 0.4) is 0 Å². The second-order valence-corrected chi connectivity index (χ2v) is 3.89. The molecule has 2 rings (SSSR count). The van der Waals surface area contributed by atoms with Crippen molar-refractivity contribution >= 4 is 11.6 Å². The fourth-order valence-corrected chi connectivity index (χ4v) is 1.53. The molecule has 0 radical (unpaired) electrons. The highest BCUT2D eigenvalue weighted by Gasteiger charge is 2.07. The van der Waals surface area contributed by atoms with Gasteiger partial charge in [-0.3, -0.25) is 4.68 Å². The topological polar surface area (TPSA) is 83.3 Å². The number of rotatable bonds is 7. The highest BCUT2D eigenvalue weighted by atomic mass is 16.5. The van der Waals surface area contributed by atoms with Gasteiger partial charge in [0.05, 0.1) is 45.3 Å². The summed E-state index contributed by atoms with van der Waals surface area (Å²) < 4.78 is 16.9. The molecule has 20 heavy (non-hydrogen) atoms. The molecule has 2 aromatic heterocycles. The van der Waals surface area contributed by atoms with Crippen molar-refractivity contribution in [3.05, 3.63) is 18.5 Å². The van der Waals surface area contributed by atoms with Crippen molar-refractivity contribution in [2.75, 3.05) is 33.3 Å². The van der Waals surface area contributed by atoms with Gasteiger partial charge >= 0.3 is 0 Å². The third-order valence-electron chi connectivity index (χ3n) is 2.51. The van der Waals surface area contributed by atoms with Gasteiger partial charge in [-0.2, -0.15) is 15.1 Å². The van der Waals surface area contributed by atoms with Crippen LogP contribution in [0.5, 0.6) is 11.8 Å². The molecule has 0 saturated heterocycles. The molecule has 0 bridgehead atoms. The number of nitrogens with one attached hydrogen (secondary N) is 1. The zero-order chi connectivity index (χ0) is 14.4. The van der Waals surface area contributed by atoms with E-state index in [0.29, 0.717) is 30.9 Å². The van der Waals surface area contributed by atoms with Crippen LogP contribution in [-0.4, -0.2) is 47.7 Å². The molecule has 0 aromatic carbocycles. The van der Waals surface area contributed by atoms with Crippen molar-refractivity contribution in [1.29, 1.82) is 0 Å². The van der Waals surface area contributed by atoms with Gasteiger partial charge < -0.3 is 19.5 Å². The van der Waals surface area contributed by atoms with E-state index in [1.807, 2.05) is 6.20 Å². The minimum absolute atomic E-state index is 0.382. The van der Waals surface area contributed by atoms with E-state index in [4.69, 9.17) is 14.2 Å². The lowest BCUT2D eigenvalue weighted by atomic mass is 10.5. The summed E-state index contributed by atoms with van der Waals surface area (Å²) in [5.41, 5.74) is 0.774. The Labute approximate surface area is 116 Å². The minimum Gasteiger partial charge on any atom is -0.481 e. The molecule has 0 saturated carbocycles. The van der Waals surface area contributed by atoms with E-state index in [-0.39, 0.29) is 0 Å². The quantitative estimate of drug-likeness (QED) is 0.811. The number of hydrogen-bond acceptors (Lipinski definition) is 7. The van der Waals surface area contributed by atoms with Crippen LogP contribution in [0.15, 0.2) is 18.5 Å². The Morgan fingerprint density at radius 1 is 1.15 bits per heavy atom. The molecule has 108 valence electrons. The van der Waals surface area contributed by atoms with E-state index in [2.05, 4.69) is 20.4 Å². The zero-order valence-corrected chi connectivity index (χ0v) is 11.7. The maximum absolute atomic E-state index is 5.08. The van der Waals surface area contributed by atoms with Crippen LogP contribution in [-0.2, 0) is 11.3 Å². The minimum atomic E-state index is 0.382. The molecule has 2 aromatic rings. The van der Waals surface area contributed by atoms with Crippen LogP contribution in [0.4, 0.5) is 11.6 Å². The van der Waals surface area contributed by atoms with Gasteiger partial charge in [0.15, 0.2) is 0 Å². The lowest BCUT2D eigenvalue weighted by Gasteiger charge is -2.06. The second-order valence-electron chi connectivity index (χ2n) is 3.89. The Balaban J connectivity index is 2.10. The van der Waals surface area contributed by atoms with Crippen LogP contribution in [0.25, 0.3) is 0 Å². The van der Waals surface area contributed by atoms with Gasteiger partial charge in [0, 0.05) is 13.3 Å². The normalized spacial score (nSPS) is 10.3. The van der Waals surface area contributed by atoms with Crippen molar-refractivity contribution in [2.24, 2.45) is 0 Å². The second kappa shape index (κ2) is 6.71. The van der Waals surface area contributed by atoms with Crippen molar-refractivity contribution in [1.82, 2.24) is 19.7 Å². The highest BCUT2D eigenvalue weighted by molar-refractivity contribution is 5.51. The third kappa shape index (κ3) is 3.58. The number of anilines is 2. The molecule has 0 aliphatic carbocycles. The summed E-state index contributed by atoms with van der Waals surface area (Å²) in [5.74, 6) is 1.23. The first-order chi connectivity index (χ1) is 9.75. The van der Waals surface area contributed by atoms with Gasteiger partial charge in [-0.1, -0.05) is 0 Å². The maximum atomic E-state index is 5.08. The number of aromatic nitrogens is 4. The van der Waals surface area contributed by atoms with Crippen LogP contribution >= 0.6 is 0 Å². The molecule has 0 atom stereocenters. The van der Waals surface area contributed by atoms with Gasteiger partial charge in [0.2, 0.25) is 17.7 Å². The molecule has 0 aliphatic heterocycles. The smallest absolute Gasteiger partial charge is 0.233 e. The van der Waals surface area contributed by atoms with Crippen LogP contribution in [0.2, 0.25) is 0 Å². The molecule has 0 unspecified atom stereocenters. The van der Waals surface area contributed by atoms with Crippen molar-refractivity contribution in [3.8, 4) is 11.8 Å². The van der Waals surface area contributed by atoms with E-state index in [1.54, 1.807) is 24.1 Å². The summed E-state index contributed by atoms with van der Waals surface area (Å²) in [6.07, 6.45) is 3.53. The Bertz CT molecular complexity index is 536. The SMILES string of the molecule is COCCn1cc(Nc2nc(OC)cc(OC)n2)cn1. The van der Waals surface area contributed by atoms with Gasteiger partial charge in [-0.05, 0) is 0 Å². The fraction of sp³-hybridized carbons (Fsp3) is 0.417. The largest absolute Gasteiger partial charge is 0.481 e. The average molecular weight is 279 g/mol. The zero-order valence-electron chi connectivity index (χ0n) is 11.7. The third-order valence-corrected chi connectivity index (χ3v) is 2.51. The van der Waals surface area contributed by atoms with Gasteiger partial charge in [-0.15, -0.1) is 0 Å². The van der Waals surface area contributed by atoms with Crippen LogP contribution in [0, 0.1) is 0 Å². The monoisotopic (exact) mass is 279 g/mol. The molecule has 0 fully saturated rings. The van der Waals surface area contributed by atoms with E-state index >= 15 is 0 Å². The van der Waals surface area contributed by atoms with E-state index in [9.17, 15) is 0 Å². The number of hydrogen-bond donors (Lipinski definition) is 1. The molecular weight excluding hydrogens is 262 g/mol. The molecule has 2 heterocycles. The Morgan fingerprint density at radius 3 is 2.45 bits per heavy atom. The molecule has 1 N–H and O–H groups in total. The summed E-state index contributed by atoms with van der Waals surface area (Å²) in [4.78, 5) is 8.36. The molecule has 8 nitrogen and oxygen atoms in total. The van der Waals surface area contributed by atoms with Crippen molar-refractivity contribution < 1.29 is 14.2 Å². The highest BCUT2D eigenvalue weighted by Crippen LogP contribution is 2.20. The summed E-state index contributed by atoms with van der Waals surface area (Å²) in [5, 5.41) is 7.23. The summed E-state index contributed by atoms with van der Waals surface area (Å²) in [6, 6.07) is 1.60. The lowest BCUT2D eigenvalue weighted by Crippen LogP contribution is -2.04. The van der Waals surface area contributed by atoms with Gasteiger partial charge in [0.25, 0.3) is 0 Å². The molecule has 0 amide bonds. The number of nitrogens with zero attached hydrogens (tertiary/aromatic N) is 4. The fourth-order valence-electron chi connectivity index (χ4n) is 1.53. The first-order valence-corrected chi connectivity index (χ1v) is 6.00. The Hall–Kier alpha value is -2.35. The summed E-state index contributed by atoms with van der Waals surface area (Å²) >= 11 is 0. The van der Waals surface area contributed by atoms with Crippen molar-refractivity contribution in [3.63, 3.8) is 0 Å².